The first-order valence-corrected chi connectivity index (χ1v) is 7.63. The summed E-state index contributed by atoms with van der Waals surface area (Å²) in [6, 6.07) is 7.71. The molecule has 0 aromatic heterocycles. The number of hydrogen-bond donors (Lipinski definition) is 1. The van der Waals surface area contributed by atoms with Gasteiger partial charge in [-0.3, -0.25) is 0 Å². The first-order chi connectivity index (χ1) is 7.98. The van der Waals surface area contributed by atoms with Crippen molar-refractivity contribution in [1.29, 1.82) is 0 Å². The van der Waals surface area contributed by atoms with Crippen molar-refractivity contribution in [2.75, 3.05) is 18.5 Å². The Bertz CT molecular complexity index is 499. The normalized spacial score (nSPS) is 21.8. The molecule has 2 rings (SSSR count). The van der Waals surface area contributed by atoms with E-state index in [9.17, 15) is 8.42 Å². The van der Waals surface area contributed by atoms with Gasteiger partial charge in [-0.25, -0.2) is 8.42 Å². The first-order valence-electron chi connectivity index (χ1n) is 5.78. The zero-order chi connectivity index (χ0) is 12.5. The minimum absolute atomic E-state index is 0.0645. The molecule has 1 saturated heterocycles. The van der Waals surface area contributed by atoms with Crippen LogP contribution in [0, 0.1) is 0 Å². The van der Waals surface area contributed by atoms with Crippen molar-refractivity contribution in [3.8, 4) is 0 Å². The van der Waals surface area contributed by atoms with E-state index in [0.717, 1.165) is 24.1 Å². The van der Waals surface area contributed by atoms with Crippen LogP contribution in [0.15, 0.2) is 24.3 Å². The summed E-state index contributed by atoms with van der Waals surface area (Å²) in [5, 5.41) is 0. The van der Waals surface area contributed by atoms with Crippen LogP contribution in [0.25, 0.3) is 0 Å². The van der Waals surface area contributed by atoms with Crippen LogP contribution in [-0.4, -0.2) is 31.6 Å². The maximum Gasteiger partial charge on any atom is 0.211 e. The van der Waals surface area contributed by atoms with Crippen LogP contribution in [-0.2, 0) is 16.4 Å². The molecule has 0 radical (unpaired) electrons. The Labute approximate surface area is 102 Å². The van der Waals surface area contributed by atoms with Crippen molar-refractivity contribution in [3.63, 3.8) is 0 Å². The lowest BCUT2D eigenvalue weighted by atomic mass is 10.0. The zero-order valence-electron chi connectivity index (χ0n) is 9.96. The largest absolute Gasteiger partial charge is 0.399 e. The molecule has 1 unspecified atom stereocenters. The van der Waals surface area contributed by atoms with E-state index in [1.807, 2.05) is 24.3 Å². The van der Waals surface area contributed by atoms with Crippen molar-refractivity contribution < 1.29 is 8.42 Å². The number of benzene rings is 1. The lowest BCUT2D eigenvalue weighted by molar-refractivity contribution is 0.389. The van der Waals surface area contributed by atoms with E-state index in [4.69, 9.17) is 5.73 Å². The number of para-hydroxylation sites is 1. The van der Waals surface area contributed by atoms with Gasteiger partial charge in [-0.2, -0.15) is 4.31 Å². The van der Waals surface area contributed by atoms with Gasteiger partial charge in [-0.05, 0) is 30.9 Å². The highest BCUT2D eigenvalue weighted by Crippen LogP contribution is 2.25. The molecule has 0 bridgehead atoms. The van der Waals surface area contributed by atoms with Crippen LogP contribution in [0.2, 0.25) is 0 Å². The van der Waals surface area contributed by atoms with Crippen LogP contribution >= 0.6 is 0 Å². The molecule has 0 amide bonds. The molecule has 2 N–H and O–H groups in total. The molecule has 1 atom stereocenters. The molecule has 0 spiro atoms. The summed E-state index contributed by atoms with van der Waals surface area (Å²) in [4.78, 5) is 0. The average Bonchev–Trinajstić information content (AvgIpc) is 2.69. The number of anilines is 1. The summed E-state index contributed by atoms with van der Waals surface area (Å²) >= 11 is 0. The summed E-state index contributed by atoms with van der Waals surface area (Å²) in [7, 11) is -3.09. The minimum atomic E-state index is -3.09. The first kappa shape index (κ1) is 12.4. The zero-order valence-corrected chi connectivity index (χ0v) is 10.8. The van der Waals surface area contributed by atoms with Crippen LogP contribution in [0.4, 0.5) is 5.69 Å². The van der Waals surface area contributed by atoms with E-state index in [1.165, 1.54) is 6.26 Å². The molecule has 0 aliphatic carbocycles. The predicted octanol–water partition coefficient (Wildman–Crippen LogP) is 1.24. The van der Waals surface area contributed by atoms with Crippen LogP contribution in [0.3, 0.4) is 0 Å². The maximum atomic E-state index is 11.6. The number of nitrogens with zero attached hydrogens (tertiary/aromatic N) is 1. The van der Waals surface area contributed by atoms with Gasteiger partial charge in [0.15, 0.2) is 0 Å². The van der Waals surface area contributed by atoms with Gasteiger partial charge in [0.25, 0.3) is 0 Å². The van der Waals surface area contributed by atoms with Gasteiger partial charge >= 0.3 is 0 Å². The van der Waals surface area contributed by atoms with Crippen molar-refractivity contribution in [1.82, 2.24) is 4.31 Å². The fourth-order valence-electron chi connectivity index (χ4n) is 2.42. The van der Waals surface area contributed by atoms with Gasteiger partial charge in [0, 0.05) is 18.3 Å². The monoisotopic (exact) mass is 254 g/mol. The van der Waals surface area contributed by atoms with Crippen LogP contribution in [0.1, 0.15) is 18.4 Å². The highest BCUT2D eigenvalue weighted by Gasteiger charge is 2.31. The number of rotatable bonds is 3. The second kappa shape index (κ2) is 4.66. The number of nitrogens with two attached hydrogens (primary N) is 1. The quantitative estimate of drug-likeness (QED) is 0.825. The van der Waals surface area contributed by atoms with Crippen molar-refractivity contribution in [2.24, 2.45) is 0 Å². The smallest absolute Gasteiger partial charge is 0.211 e. The maximum absolute atomic E-state index is 11.6. The van der Waals surface area contributed by atoms with E-state index in [2.05, 4.69) is 0 Å². The molecule has 1 aromatic rings. The van der Waals surface area contributed by atoms with E-state index >= 15 is 0 Å². The SMILES string of the molecule is CS(=O)(=O)N1CCCC1Cc1ccccc1N. The molecule has 5 heteroatoms. The second-order valence-corrected chi connectivity index (χ2v) is 6.51. The molecule has 1 aromatic carbocycles. The standard InChI is InChI=1S/C12H18N2O2S/c1-17(15,16)14-8-4-6-11(14)9-10-5-2-3-7-12(10)13/h2-3,5,7,11H,4,6,8-9,13H2,1H3. The van der Waals surface area contributed by atoms with Crippen molar-refractivity contribution in [3.05, 3.63) is 29.8 Å². The molecule has 17 heavy (non-hydrogen) atoms. The molecular weight excluding hydrogens is 236 g/mol. The molecule has 94 valence electrons. The number of sulfonamides is 1. The van der Waals surface area contributed by atoms with Gasteiger partial charge in [-0.15, -0.1) is 0 Å². The third kappa shape index (κ3) is 2.79. The molecule has 1 aliphatic heterocycles. The fourth-order valence-corrected chi connectivity index (χ4v) is 3.61. The lowest BCUT2D eigenvalue weighted by Gasteiger charge is -2.22. The Balaban J connectivity index is 2.17. The van der Waals surface area contributed by atoms with E-state index in [0.29, 0.717) is 13.0 Å². The Morgan fingerprint density at radius 2 is 2.12 bits per heavy atom. The second-order valence-electron chi connectivity index (χ2n) is 4.57. The molecular formula is C12H18N2O2S. The van der Waals surface area contributed by atoms with Gasteiger partial charge in [-0.1, -0.05) is 18.2 Å². The summed E-state index contributed by atoms with van der Waals surface area (Å²) < 4.78 is 24.8. The summed E-state index contributed by atoms with van der Waals surface area (Å²) in [6.07, 6.45) is 3.84. The Hall–Kier alpha value is -1.07. The Morgan fingerprint density at radius 1 is 1.41 bits per heavy atom. The third-order valence-electron chi connectivity index (χ3n) is 3.26. The van der Waals surface area contributed by atoms with Crippen LogP contribution in [0.5, 0.6) is 0 Å². The molecule has 1 aliphatic rings. The molecule has 4 nitrogen and oxygen atoms in total. The summed E-state index contributed by atoms with van der Waals surface area (Å²) in [5.74, 6) is 0. The topological polar surface area (TPSA) is 63.4 Å². The molecule has 0 saturated carbocycles. The summed E-state index contributed by atoms with van der Waals surface area (Å²) in [5.41, 5.74) is 7.66. The average molecular weight is 254 g/mol. The number of nitrogen functional groups attached to an aromatic ring is 1. The van der Waals surface area contributed by atoms with E-state index in [1.54, 1.807) is 4.31 Å². The third-order valence-corrected chi connectivity index (χ3v) is 4.59. The molecule has 1 heterocycles. The molecule has 1 fully saturated rings. The van der Waals surface area contributed by atoms with Crippen molar-refractivity contribution in [2.45, 2.75) is 25.3 Å². The van der Waals surface area contributed by atoms with E-state index < -0.39 is 10.0 Å². The highest BCUT2D eigenvalue weighted by molar-refractivity contribution is 7.88. The minimum Gasteiger partial charge on any atom is -0.399 e. The van der Waals surface area contributed by atoms with Gasteiger partial charge < -0.3 is 5.73 Å². The van der Waals surface area contributed by atoms with Gasteiger partial charge in [0.2, 0.25) is 10.0 Å². The van der Waals surface area contributed by atoms with Gasteiger partial charge in [0.05, 0.1) is 6.26 Å². The van der Waals surface area contributed by atoms with Gasteiger partial charge in [0.1, 0.15) is 0 Å². The Morgan fingerprint density at radius 3 is 2.76 bits per heavy atom. The highest BCUT2D eigenvalue weighted by atomic mass is 32.2. The number of hydrogen-bond acceptors (Lipinski definition) is 3. The van der Waals surface area contributed by atoms with Crippen LogP contribution < -0.4 is 5.73 Å². The lowest BCUT2D eigenvalue weighted by Crippen LogP contribution is -2.36. The van der Waals surface area contributed by atoms with Crippen molar-refractivity contribution >= 4 is 15.7 Å². The fraction of sp³-hybridized carbons (Fsp3) is 0.500. The predicted molar refractivity (Wildman–Crippen MR) is 69.1 cm³/mol. The van der Waals surface area contributed by atoms with E-state index in [-0.39, 0.29) is 6.04 Å². The Kier molecular flexibility index (Phi) is 3.40. The summed E-state index contributed by atoms with van der Waals surface area (Å²) in [6.45, 7) is 0.635.